The number of aryl methyl sites for hydroxylation is 1. The third-order valence-corrected chi connectivity index (χ3v) is 3.10. The number of benzene rings is 1. The van der Waals surface area contributed by atoms with Crippen molar-refractivity contribution in [2.45, 2.75) is 40.5 Å². The van der Waals surface area contributed by atoms with Crippen molar-refractivity contribution in [3.05, 3.63) is 41.0 Å². The zero-order valence-electron chi connectivity index (χ0n) is 11.7. The normalized spacial score (nSPS) is 12.0. The second-order valence-corrected chi connectivity index (χ2v) is 4.23. The van der Waals surface area contributed by atoms with Crippen LogP contribution < -0.4 is 0 Å². The molecule has 0 bridgehead atoms. The molecule has 0 heterocycles. The van der Waals surface area contributed by atoms with Crippen molar-refractivity contribution < 1.29 is 9.53 Å². The number of carbonyl (C=O) groups excluding carboxylic acids is 1. The summed E-state index contributed by atoms with van der Waals surface area (Å²) in [5, 5.41) is 0. The minimum Gasteiger partial charge on any atom is -0.463 e. The van der Waals surface area contributed by atoms with E-state index in [0.29, 0.717) is 12.2 Å². The van der Waals surface area contributed by atoms with E-state index in [2.05, 4.69) is 38.1 Å². The summed E-state index contributed by atoms with van der Waals surface area (Å²) in [6.07, 6.45) is 1.86. The fourth-order valence-electron chi connectivity index (χ4n) is 1.99. The number of rotatable bonds is 5. The van der Waals surface area contributed by atoms with Gasteiger partial charge in [-0.3, -0.25) is 0 Å². The van der Waals surface area contributed by atoms with Gasteiger partial charge in [0.1, 0.15) is 0 Å². The molecule has 0 aliphatic rings. The molecular weight excluding hydrogens is 224 g/mol. The third-order valence-electron chi connectivity index (χ3n) is 3.10. The van der Waals surface area contributed by atoms with E-state index >= 15 is 0 Å². The zero-order valence-corrected chi connectivity index (χ0v) is 11.7. The monoisotopic (exact) mass is 246 g/mol. The van der Waals surface area contributed by atoms with Gasteiger partial charge in [-0.2, -0.15) is 0 Å². The molecule has 1 aromatic carbocycles. The minimum atomic E-state index is -0.214. The number of ether oxygens (including phenoxy) is 1. The van der Waals surface area contributed by atoms with Crippen LogP contribution in [0.4, 0.5) is 0 Å². The van der Waals surface area contributed by atoms with Gasteiger partial charge in [-0.05, 0) is 43.4 Å². The average Bonchev–Trinajstić information content (AvgIpc) is 2.40. The summed E-state index contributed by atoms with van der Waals surface area (Å²) < 4.78 is 5.06. The molecule has 1 rings (SSSR count). The van der Waals surface area contributed by atoms with Crippen LogP contribution in [0.2, 0.25) is 0 Å². The zero-order chi connectivity index (χ0) is 13.5. The number of hydrogen-bond donors (Lipinski definition) is 0. The summed E-state index contributed by atoms with van der Waals surface area (Å²) in [7, 11) is 0. The Bertz CT molecular complexity index is 427. The number of esters is 1. The van der Waals surface area contributed by atoms with Gasteiger partial charge in [-0.25, -0.2) is 4.79 Å². The van der Waals surface area contributed by atoms with Crippen LogP contribution in [0, 0.1) is 0 Å². The van der Waals surface area contributed by atoms with E-state index in [9.17, 15) is 4.79 Å². The molecule has 0 aromatic heterocycles. The molecule has 0 N–H and O–H groups in total. The van der Waals surface area contributed by atoms with Crippen molar-refractivity contribution in [1.29, 1.82) is 0 Å². The van der Waals surface area contributed by atoms with Crippen molar-refractivity contribution in [3.8, 4) is 0 Å². The number of carbonyl (C=O) groups is 1. The molecule has 0 saturated heterocycles. The van der Waals surface area contributed by atoms with Crippen LogP contribution in [-0.4, -0.2) is 12.6 Å². The lowest BCUT2D eigenvalue weighted by atomic mass is 9.97. The molecule has 0 aliphatic carbocycles. The first-order valence-corrected chi connectivity index (χ1v) is 6.60. The average molecular weight is 246 g/mol. The lowest BCUT2D eigenvalue weighted by molar-refractivity contribution is -0.138. The predicted octanol–water partition coefficient (Wildman–Crippen LogP) is 4.00. The van der Waals surface area contributed by atoms with Gasteiger partial charge in [0.15, 0.2) is 0 Å². The lowest BCUT2D eigenvalue weighted by Crippen LogP contribution is -2.07. The maximum absolute atomic E-state index is 11.8. The van der Waals surface area contributed by atoms with E-state index in [1.165, 1.54) is 5.56 Å². The summed E-state index contributed by atoms with van der Waals surface area (Å²) in [5.74, 6) is -0.214. The Morgan fingerprint density at radius 3 is 2.17 bits per heavy atom. The highest BCUT2D eigenvalue weighted by atomic mass is 16.5. The summed E-state index contributed by atoms with van der Waals surface area (Å²) in [6, 6.07) is 8.40. The van der Waals surface area contributed by atoms with Crippen molar-refractivity contribution in [1.82, 2.24) is 0 Å². The molecule has 0 saturated carbocycles. The van der Waals surface area contributed by atoms with Crippen molar-refractivity contribution in [2.24, 2.45) is 0 Å². The fourth-order valence-corrected chi connectivity index (χ4v) is 1.99. The summed E-state index contributed by atoms with van der Waals surface area (Å²) >= 11 is 0. The molecule has 98 valence electrons. The quantitative estimate of drug-likeness (QED) is 0.580. The predicted molar refractivity (Wildman–Crippen MR) is 75.3 cm³/mol. The highest BCUT2D eigenvalue weighted by Crippen LogP contribution is 2.23. The van der Waals surface area contributed by atoms with Gasteiger partial charge in [-0.1, -0.05) is 38.1 Å². The van der Waals surface area contributed by atoms with Gasteiger partial charge in [-0.15, -0.1) is 0 Å². The van der Waals surface area contributed by atoms with Gasteiger partial charge in [0.2, 0.25) is 0 Å². The van der Waals surface area contributed by atoms with Gasteiger partial charge in [0.25, 0.3) is 0 Å². The SMILES string of the molecule is CCOC(=O)/C(C)=C(/CC)c1ccc(CC)cc1. The Morgan fingerprint density at radius 2 is 1.72 bits per heavy atom. The first kappa shape index (κ1) is 14.5. The molecule has 0 fully saturated rings. The van der Waals surface area contributed by atoms with Crippen molar-refractivity contribution >= 4 is 11.5 Å². The summed E-state index contributed by atoms with van der Waals surface area (Å²) in [5.41, 5.74) is 4.20. The second kappa shape index (κ2) is 7.00. The maximum Gasteiger partial charge on any atom is 0.333 e. The Kier molecular flexibility index (Phi) is 5.63. The Hall–Kier alpha value is -1.57. The molecule has 0 atom stereocenters. The molecule has 1 aromatic rings. The molecule has 0 amide bonds. The van der Waals surface area contributed by atoms with E-state index in [1.807, 2.05) is 13.8 Å². The van der Waals surface area contributed by atoms with Crippen LogP contribution in [0.3, 0.4) is 0 Å². The van der Waals surface area contributed by atoms with Crippen molar-refractivity contribution in [3.63, 3.8) is 0 Å². The molecule has 0 aliphatic heterocycles. The molecule has 0 spiro atoms. The first-order valence-electron chi connectivity index (χ1n) is 6.60. The number of allylic oxidation sites excluding steroid dienone is 1. The Balaban J connectivity index is 3.07. The summed E-state index contributed by atoms with van der Waals surface area (Å²) in [4.78, 5) is 11.8. The highest BCUT2D eigenvalue weighted by Gasteiger charge is 2.12. The maximum atomic E-state index is 11.8. The Labute approximate surface area is 110 Å². The van der Waals surface area contributed by atoms with Crippen molar-refractivity contribution in [2.75, 3.05) is 6.61 Å². The fraction of sp³-hybridized carbons (Fsp3) is 0.438. The van der Waals surface area contributed by atoms with E-state index in [0.717, 1.165) is 24.0 Å². The molecule has 0 unspecified atom stereocenters. The topological polar surface area (TPSA) is 26.3 Å². The van der Waals surface area contributed by atoms with Gasteiger partial charge in [0.05, 0.1) is 6.61 Å². The van der Waals surface area contributed by atoms with E-state index in [-0.39, 0.29) is 5.97 Å². The molecule has 2 nitrogen and oxygen atoms in total. The third kappa shape index (κ3) is 3.46. The summed E-state index contributed by atoms with van der Waals surface area (Å²) in [6.45, 7) is 8.28. The second-order valence-electron chi connectivity index (χ2n) is 4.23. The van der Waals surface area contributed by atoms with Gasteiger partial charge in [0, 0.05) is 5.57 Å². The van der Waals surface area contributed by atoms with Gasteiger partial charge >= 0.3 is 5.97 Å². The van der Waals surface area contributed by atoms with Crippen LogP contribution in [0.5, 0.6) is 0 Å². The van der Waals surface area contributed by atoms with E-state index in [1.54, 1.807) is 0 Å². The van der Waals surface area contributed by atoms with E-state index in [4.69, 9.17) is 4.74 Å². The first-order chi connectivity index (χ1) is 8.63. The smallest absolute Gasteiger partial charge is 0.333 e. The minimum absolute atomic E-state index is 0.214. The standard InChI is InChI=1S/C16H22O2/c1-5-13-8-10-14(11-9-13)15(6-2)12(4)16(17)18-7-3/h8-11H,5-7H2,1-4H3/b15-12-. The van der Waals surface area contributed by atoms with Crippen LogP contribution in [0.25, 0.3) is 5.57 Å². The van der Waals surface area contributed by atoms with Crippen LogP contribution in [-0.2, 0) is 16.0 Å². The van der Waals surface area contributed by atoms with Crippen LogP contribution in [0.15, 0.2) is 29.8 Å². The molecule has 0 radical (unpaired) electrons. The lowest BCUT2D eigenvalue weighted by Gasteiger charge is -2.11. The largest absolute Gasteiger partial charge is 0.463 e. The molecular formula is C16H22O2. The highest BCUT2D eigenvalue weighted by molar-refractivity contribution is 5.97. The Morgan fingerprint density at radius 1 is 1.11 bits per heavy atom. The molecule has 18 heavy (non-hydrogen) atoms. The van der Waals surface area contributed by atoms with Crippen LogP contribution in [0.1, 0.15) is 45.2 Å². The number of hydrogen-bond acceptors (Lipinski definition) is 2. The van der Waals surface area contributed by atoms with Crippen LogP contribution >= 0.6 is 0 Å². The molecule has 2 heteroatoms. The van der Waals surface area contributed by atoms with E-state index < -0.39 is 0 Å². The van der Waals surface area contributed by atoms with Gasteiger partial charge < -0.3 is 4.74 Å².